The zero-order valence-electron chi connectivity index (χ0n) is 14.0. The molecule has 4 heteroatoms. The van der Waals surface area contributed by atoms with E-state index >= 15 is 0 Å². The molecule has 0 amide bonds. The number of hydrogen-bond acceptors (Lipinski definition) is 2. The van der Waals surface area contributed by atoms with Gasteiger partial charge in [-0.2, -0.15) is 0 Å². The van der Waals surface area contributed by atoms with E-state index in [0.717, 1.165) is 41.1 Å². The molecule has 0 spiro atoms. The summed E-state index contributed by atoms with van der Waals surface area (Å²) < 4.78 is 13.8. The summed E-state index contributed by atoms with van der Waals surface area (Å²) in [5, 5.41) is 4.31. The predicted molar refractivity (Wildman–Crippen MR) is 103 cm³/mol. The van der Waals surface area contributed by atoms with Crippen LogP contribution in [-0.2, 0) is 6.42 Å². The second kappa shape index (κ2) is 6.03. The molecular weight excluding hydrogens is 347 g/mol. The molecule has 2 nitrogen and oxygen atoms in total. The topological polar surface area (TPSA) is 25.8 Å². The fourth-order valence-electron chi connectivity index (χ4n) is 4.28. The van der Waals surface area contributed by atoms with Crippen molar-refractivity contribution in [3.8, 4) is 0 Å². The lowest BCUT2D eigenvalue weighted by Gasteiger charge is -2.26. The van der Waals surface area contributed by atoms with Gasteiger partial charge in [0.05, 0.1) is 10.7 Å². The molecule has 0 saturated carbocycles. The highest BCUT2D eigenvalue weighted by atomic mass is 35.5. The van der Waals surface area contributed by atoms with Gasteiger partial charge in [-0.15, -0.1) is 0 Å². The highest BCUT2D eigenvalue weighted by molar-refractivity contribution is 6.36. The van der Waals surface area contributed by atoms with Gasteiger partial charge in [-0.1, -0.05) is 41.9 Å². The minimum atomic E-state index is -0.376. The Balaban J connectivity index is 1.77. The monoisotopic (exact) mass is 362 g/mol. The largest absolute Gasteiger partial charge is 0.261 e. The highest BCUT2D eigenvalue weighted by Gasteiger charge is 2.24. The summed E-state index contributed by atoms with van der Waals surface area (Å²) in [6.07, 6.45) is 8.59. The molecule has 0 saturated heterocycles. The van der Waals surface area contributed by atoms with Crippen LogP contribution in [0.3, 0.4) is 0 Å². The second-order valence-corrected chi connectivity index (χ2v) is 7.20. The lowest BCUT2D eigenvalue weighted by molar-refractivity contribution is 0.605. The number of aryl methyl sites for hydroxylation is 1. The van der Waals surface area contributed by atoms with Crippen LogP contribution < -0.4 is 0 Å². The van der Waals surface area contributed by atoms with E-state index in [1.807, 2.05) is 18.3 Å². The molecule has 0 radical (unpaired) electrons. The molecule has 0 fully saturated rings. The van der Waals surface area contributed by atoms with E-state index in [4.69, 9.17) is 11.6 Å². The molecule has 0 aliphatic heterocycles. The quantitative estimate of drug-likeness (QED) is 0.385. The Morgan fingerprint density at radius 3 is 2.54 bits per heavy atom. The molecule has 128 valence electrons. The zero-order valence-corrected chi connectivity index (χ0v) is 14.8. The first kappa shape index (κ1) is 15.7. The van der Waals surface area contributed by atoms with Crippen molar-refractivity contribution in [3.05, 3.63) is 82.6 Å². The number of nitrogens with zero attached hydrogens (tertiary/aromatic N) is 2. The third-order valence-corrected chi connectivity index (χ3v) is 5.85. The summed E-state index contributed by atoms with van der Waals surface area (Å²) in [7, 11) is 0. The van der Waals surface area contributed by atoms with Crippen molar-refractivity contribution in [2.45, 2.75) is 25.2 Å². The maximum Gasteiger partial charge on any atom is 0.142 e. The van der Waals surface area contributed by atoms with Gasteiger partial charge in [0.15, 0.2) is 0 Å². The Morgan fingerprint density at radius 2 is 1.69 bits per heavy atom. The minimum absolute atomic E-state index is 0.194. The van der Waals surface area contributed by atoms with Gasteiger partial charge in [0, 0.05) is 29.9 Å². The lowest BCUT2D eigenvalue weighted by Crippen LogP contribution is -2.13. The molecule has 3 aromatic carbocycles. The molecule has 1 heterocycles. The molecule has 4 aromatic rings. The maximum absolute atomic E-state index is 13.8. The summed E-state index contributed by atoms with van der Waals surface area (Å²) in [6, 6.07) is 11.6. The second-order valence-electron chi connectivity index (χ2n) is 6.83. The summed E-state index contributed by atoms with van der Waals surface area (Å²) in [4.78, 5) is 8.77. The predicted octanol–water partition coefficient (Wildman–Crippen LogP) is 6.04. The van der Waals surface area contributed by atoms with E-state index in [0.29, 0.717) is 0 Å². The number of rotatable bonds is 1. The Bertz CT molecular complexity index is 1140. The minimum Gasteiger partial charge on any atom is -0.261 e. The molecular formula is C22H16ClFN2. The van der Waals surface area contributed by atoms with Crippen molar-refractivity contribution in [2.75, 3.05) is 0 Å². The SMILES string of the molecule is Fc1ccc2c(ccc3c4c(ccc32)C(c2cnccn2)CCC4)c1Cl. The standard InChI is InChI=1S/C22H16ClFN2/c23-22-19-7-6-14-13-2-1-3-18(21-12-25-10-11-26-21)16(13)5-4-15(14)17(19)8-9-20(22)24/h4-12,18H,1-3H2. The summed E-state index contributed by atoms with van der Waals surface area (Å²) in [5.41, 5.74) is 3.72. The molecule has 0 N–H and O–H groups in total. The smallest absolute Gasteiger partial charge is 0.142 e. The fraction of sp³-hybridized carbons (Fsp3) is 0.182. The first-order valence-corrected chi connectivity index (χ1v) is 9.20. The first-order valence-electron chi connectivity index (χ1n) is 8.82. The van der Waals surface area contributed by atoms with Gasteiger partial charge < -0.3 is 0 Å². The van der Waals surface area contributed by atoms with Gasteiger partial charge >= 0.3 is 0 Å². The van der Waals surface area contributed by atoms with Crippen LogP contribution in [0.1, 0.15) is 35.6 Å². The van der Waals surface area contributed by atoms with Crippen LogP contribution in [0, 0.1) is 5.82 Å². The molecule has 26 heavy (non-hydrogen) atoms. The Labute approximate surface area is 155 Å². The number of halogens is 2. The molecule has 1 aromatic heterocycles. The number of benzene rings is 3. The molecule has 1 aliphatic carbocycles. The number of fused-ring (bicyclic) bond motifs is 5. The van der Waals surface area contributed by atoms with Gasteiger partial charge in [-0.25, -0.2) is 4.39 Å². The van der Waals surface area contributed by atoms with Crippen molar-refractivity contribution < 1.29 is 4.39 Å². The zero-order chi connectivity index (χ0) is 17.7. The van der Waals surface area contributed by atoms with Crippen LogP contribution in [0.15, 0.2) is 55.0 Å². The average Bonchev–Trinajstić information content (AvgIpc) is 2.70. The third-order valence-electron chi connectivity index (χ3n) is 5.47. The van der Waals surface area contributed by atoms with Gasteiger partial charge in [0.25, 0.3) is 0 Å². The number of aromatic nitrogens is 2. The normalized spacial score (nSPS) is 16.8. The Morgan fingerprint density at radius 1 is 0.923 bits per heavy atom. The number of hydrogen-bond donors (Lipinski definition) is 0. The summed E-state index contributed by atoms with van der Waals surface area (Å²) in [6.45, 7) is 0. The van der Waals surface area contributed by atoms with E-state index in [1.54, 1.807) is 12.4 Å². The van der Waals surface area contributed by atoms with Crippen LogP contribution in [-0.4, -0.2) is 9.97 Å². The molecule has 1 atom stereocenters. The third kappa shape index (κ3) is 2.31. The van der Waals surface area contributed by atoms with Crippen LogP contribution in [0.5, 0.6) is 0 Å². The van der Waals surface area contributed by atoms with Crippen molar-refractivity contribution in [1.29, 1.82) is 0 Å². The van der Waals surface area contributed by atoms with Crippen molar-refractivity contribution >= 4 is 33.1 Å². The van der Waals surface area contributed by atoms with Crippen LogP contribution in [0.25, 0.3) is 21.5 Å². The van der Waals surface area contributed by atoms with Gasteiger partial charge in [-0.3, -0.25) is 9.97 Å². The van der Waals surface area contributed by atoms with Crippen molar-refractivity contribution in [1.82, 2.24) is 9.97 Å². The van der Waals surface area contributed by atoms with E-state index in [1.165, 1.54) is 22.6 Å². The summed E-state index contributed by atoms with van der Waals surface area (Å²) in [5.74, 6) is -0.0939. The molecule has 0 bridgehead atoms. The average molecular weight is 363 g/mol. The fourth-order valence-corrected chi connectivity index (χ4v) is 4.51. The lowest BCUT2D eigenvalue weighted by atomic mass is 9.78. The molecule has 1 aliphatic rings. The van der Waals surface area contributed by atoms with E-state index < -0.39 is 0 Å². The van der Waals surface area contributed by atoms with Crippen LogP contribution in [0.2, 0.25) is 5.02 Å². The van der Waals surface area contributed by atoms with E-state index in [-0.39, 0.29) is 16.8 Å². The van der Waals surface area contributed by atoms with Crippen LogP contribution in [0.4, 0.5) is 4.39 Å². The Kier molecular flexibility index (Phi) is 3.64. The van der Waals surface area contributed by atoms with E-state index in [2.05, 4.69) is 28.2 Å². The van der Waals surface area contributed by atoms with Crippen LogP contribution >= 0.6 is 11.6 Å². The maximum atomic E-state index is 13.8. The van der Waals surface area contributed by atoms with Gasteiger partial charge in [0.2, 0.25) is 0 Å². The highest BCUT2D eigenvalue weighted by Crippen LogP contribution is 2.41. The van der Waals surface area contributed by atoms with E-state index in [9.17, 15) is 4.39 Å². The Hall–Kier alpha value is -2.52. The van der Waals surface area contributed by atoms with Gasteiger partial charge in [0.1, 0.15) is 5.82 Å². The van der Waals surface area contributed by atoms with Crippen molar-refractivity contribution in [2.24, 2.45) is 0 Å². The van der Waals surface area contributed by atoms with Crippen molar-refractivity contribution in [3.63, 3.8) is 0 Å². The molecule has 1 unspecified atom stereocenters. The van der Waals surface area contributed by atoms with Gasteiger partial charge in [-0.05, 0) is 52.6 Å². The molecule has 5 rings (SSSR count). The summed E-state index contributed by atoms with van der Waals surface area (Å²) >= 11 is 6.18. The first-order chi connectivity index (χ1) is 12.7.